The number of hydrogen-bond donors (Lipinski definition) is 4. The Balaban J connectivity index is 2.27. The van der Waals surface area contributed by atoms with Gasteiger partial charge in [0.05, 0.1) is 6.61 Å². The maximum atomic E-state index is 11.0. The second kappa shape index (κ2) is 4.27. The number of nitrogens with one attached hydrogen (secondary N) is 2. The van der Waals surface area contributed by atoms with Gasteiger partial charge in [-0.2, -0.15) is 0 Å². The number of H-pyrrole nitrogens is 1. The third-order valence-electron chi connectivity index (χ3n) is 3.13. The molecule has 0 saturated carbocycles. The zero-order valence-corrected chi connectivity index (χ0v) is 9.10. The zero-order chi connectivity index (χ0) is 11.7. The topological polar surface area (TPSA) is 85.4 Å². The van der Waals surface area contributed by atoms with E-state index < -0.39 is 0 Å². The molecule has 3 atom stereocenters. The summed E-state index contributed by atoms with van der Waals surface area (Å²) in [4.78, 5) is 13.4. The Morgan fingerprint density at radius 1 is 1.50 bits per heavy atom. The predicted molar refractivity (Wildman–Crippen MR) is 59.3 cm³/mol. The van der Waals surface area contributed by atoms with Crippen LogP contribution in [0, 0.1) is 5.92 Å². The van der Waals surface area contributed by atoms with Crippen molar-refractivity contribution in [3.63, 3.8) is 0 Å². The van der Waals surface area contributed by atoms with Crippen LogP contribution in [0.1, 0.15) is 24.9 Å². The second-order valence-corrected chi connectivity index (χ2v) is 4.36. The fraction of sp³-hybridized carbons (Fsp3) is 0.545. The molecule has 0 bridgehead atoms. The fourth-order valence-electron chi connectivity index (χ4n) is 2.32. The SMILES string of the molecule is CC1CC(CO)NC1c1ccc(=O)[nH]c1O. The molecule has 1 aromatic rings. The molecule has 1 saturated heterocycles. The predicted octanol–water partition coefficient (Wildman–Crippen LogP) is 0.112. The maximum absolute atomic E-state index is 11.0. The van der Waals surface area contributed by atoms with Crippen LogP contribution in [0.2, 0.25) is 0 Å². The van der Waals surface area contributed by atoms with Crippen molar-refractivity contribution in [1.29, 1.82) is 0 Å². The van der Waals surface area contributed by atoms with Crippen LogP contribution < -0.4 is 10.9 Å². The van der Waals surface area contributed by atoms with E-state index in [1.54, 1.807) is 6.07 Å². The highest BCUT2D eigenvalue weighted by atomic mass is 16.3. The Bertz CT molecular complexity index is 429. The van der Waals surface area contributed by atoms with E-state index in [0.29, 0.717) is 11.5 Å². The van der Waals surface area contributed by atoms with Crippen LogP contribution in [0.3, 0.4) is 0 Å². The zero-order valence-electron chi connectivity index (χ0n) is 9.10. The van der Waals surface area contributed by atoms with E-state index in [1.807, 2.05) is 0 Å². The van der Waals surface area contributed by atoms with Crippen LogP contribution in [0.5, 0.6) is 5.88 Å². The monoisotopic (exact) mass is 224 g/mol. The molecule has 0 aliphatic carbocycles. The minimum absolute atomic E-state index is 0.0194. The molecule has 0 radical (unpaired) electrons. The summed E-state index contributed by atoms with van der Waals surface area (Å²) in [7, 11) is 0. The molecule has 3 unspecified atom stereocenters. The standard InChI is InChI=1S/C11H16N2O3/c1-6-4-7(5-14)12-10(6)8-2-3-9(15)13-11(8)16/h2-3,6-7,10,12,14H,4-5H2,1H3,(H2,13,15,16). The van der Waals surface area contributed by atoms with Crippen molar-refractivity contribution in [1.82, 2.24) is 10.3 Å². The summed E-state index contributed by atoms with van der Waals surface area (Å²) >= 11 is 0. The fourth-order valence-corrected chi connectivity index (χ4v) is 2.32. The number of aliphatic hydroxyl groups excluding tert-OH is 1. The van der Waals surface area contributed by atoms with Gasteiger partial charge in [-0.25, -0.2) is 0 Å². The van der Waals surface area contributed by atoms with Crippen LogP contribution in [-0.2, 0) is 0 Å². The van der Waals surface area contributed by atoms with Crippen molar-refractivity contribution in [3.05, 3.63) is 28.0 Å². The molecule has 0 amide bonds. The summed E-state index contributed by atoms with van der Waals surface area (Å²) < 4.78 is 0. The van der Waals surface area contributed by atoms with Gasteiger partial charge in [0, 0.05) is 23.7 Å². The second-order valence-electron chi connectivity index (χ2n) is 4.36. The number of rotatable bonds is 2. The molecule has 1 fully saturated rings. The van der Waals surface area contributed by atoms with Crippen molar-refractivity contribution in [2.45, 2.75) is 25.4 Å². The van der Waals surface area contributed by atoms with Crippen molar-refractivity contribution < 1.29 is 10.2 Å². The van der Waals surface area contributed by atoms with Gasteiger partial charge in [-0.1, -0.05) is 6.92 Å². The molecule has 4 N–H and O–H groups in total. The summed E-state index contributed by atoms with van der Waals surface area (Å²) in [6.45, 7) is 2.14. The molecule has 0 aromatic carbocycles. The van der Waals surface area contributed by atoms with Gasteiger partial charge >= 0.3 is 0 Å². The van der Waals surface area contributed by atoms with Crippen molar-refractivity contribution >= 4 is 0 Å². The minimum Gasteiger partial charge on any atom is -0.494 e. The van der Waals surface area contributed by atoms with Crippen LogP contribution in [0.4, 0.5) is 0 Å². The van der Waals surface area contributed by atoms with E-state index in [-0.39, 0.29) is 30.1 Å². The summed E-state index contributed by atoms with van der Waals surface area (Å²) in [6, 6.07) is 3.07. The van der Waals surface area contributed by atoms with E-state index in [9.17, 15) is 9.90 Å². The third kappa shape index (κ3) is 1.96. The maximum Gasteiger partial charge on any atom is 0.250 e. The molecule has 2 heterocycles. The first-order valence-electron chi connectivity index (χ1n) is 5.41. The number of aromatic nitrogens is 1. The van der Waals surface area contributed by atoms with Crippen LogP contribution in [0.15, 0.2) is 16.9 Å². The van der Waals surface area contributed by atoms with Gasteiger partial charge in [0.25, 0.3) is 5.56 Å². The van der Waals surface area contributed by atoms with Gasteiger partial charge in [0.1, 0.15) is 0 Å². The molecule has 1 aliphatic rings. The lowest BCUT2D eigenvalue weighted by Crippen LogP contribution is -2.28. The highest BCUT2D eigenvalue weighted by Gasteiger charge is 2.32. The van der Waals surface area contributed by atoms with E-state index in [0.717, 1.165) is 6.42 Å². The summed E-state index contributed by atoms with van der Waals surface area (Å²) in [5.74, 6) is 0.226. The average Bonchev–Trinajstić information content (AvgIpc) is 2.60. The van der Waals surface area contributed by atoms with Gasteiger partial charge in [-0.3, -0.25) is 9.78 Å². The Hall–Kier alpha value is -1.33. The molecule has 5 nitrogen and oxygen atoms in total. The lowest BCUT2D eigenvalue weighted by atomic mass is 9.96. The molecule has 88 valence electrons. The summed E-state index contributed by atoms with van der Waals surface area (Å²) in [5, 5.41) is 22.0. The Labute approximate surface area is 93.1 Å². The number of pyridine rings is 1. The van der Waals surface area contributed by atoms with E-state index >= 15 is 0 Å². The Kier molecular flexibility index (Phi) is 2.98. The number of hydrogen-bond acceptors (Lipinski definition) is 4. The van der Waals surface area contributed by atoms with Crippen LogP contribution >= 0.6 is 0 Å². The molecule has 5 heteroatoms. The largest absolute Gasteiger partial charge is 0.494 e. The lowest BCUT2D eigenvalue weighted by molar-refractivity contribution is 0.251. The molecular weight excluding hydrogens is 208 g/mol. The Morgan fingerprint density at radius 3 is 2.81 bits per heavy atom. The van der Waals surface area contributed by atoms with Gasteiger partial charge in [-0.05, 0) is 18.4 Å². The minimum atomic E-state index is -0.314. The first-order valence-corrected chi connectivity index (χ1v) is 5.41. The molecule has 1 aromatic heterocycles. The molecular formula is C11H16N2O3. The van der Waals surface area contributed by atoms with E-state index in [2.05, 4.69) is 17.2 Å². The van der Waals surface area contributed by atoms with E-state index in [1.165, 1.54) is 6.07 Å². The van der Waals surface area contributed by atoms with Gasteiger partial charge in [-0.15, -0.1) is 0 Å². The highest BCUT2D eigenvalue weighted by molar-refractivity contribution is 5.29. The Morgan fingerprint density at radius 2 is 2.25 bits per heavy atom. The van der Waals surface area contributed by atoms with Gasteiger partial charge < -0.3 is 15.5 Å². The molecule has 0 spiro atoms. The van der Waals surface area contributed by atoms with Crippen molar-refractivity contribution in [2.24, 2.45) is 5.92 Å². The van der Waals surface area contributed by atoms with Crippen molar-refractivity contribution in [3.8, 4) is 5.88 Å². The normalized spacial score (nSPS) is 29.5. The molecule has 1 aliphatic heterocycles. The third-order valence-corrected chi connectivity index (χ3v) is 3.13. The average molecular weight is 224 g/mol. The van der Waals surface area contributed by atoms with Gasteiger partial charge in [0.15, 0.2) is 5.88 Å². The highest BCUT2D eigenvalue weighted by Crippen LogP contribution is 2.34. The van der Waals surface area contributed by atoms with Crippen molar-refractivity contribution in [2.75, 3.05) is 6.61 Å². The number of aromatic hydroxyl groups is 1. The quantitative estimate of drug-likeness (QED) is 0.574. The number of aromatic amines is 1. The molecule has 16 heavy (non-hydrogen) atoms. The number of aliphatic hydroxyl groups is 1. The first-order chi connectivity index (χ1) is 7.61. The van der Waals surface area contributed by atoms with Crippen LogP contribution in [-0.4, -0.2) is 27.8 Å². The summed E-state index contributed by atoms with van der Waals surface area (Å²) in [6.07, 6.45) is 0.861. The van der Waals surface area contributed by atoms with Crippen LogP contribution in [0.25, 0.3) is 0 Å². The molecule has 2 rings (SSSR count). The smallest absolute Gasteiger partial charge is 0.250 e. The van der Waals surface area contributed by atoms with E-state index in [4.69, 9.17) is 5.11 Å². The summed E-state index contributed by atoms with van der Waals surface area (Å²) in [5.41, 5.74) is 0.369. The first kappa shape index (κ1) is 11.2. The van der Waals surface area contributed by atoms with Gasteiger partial charge in [0.2, 0.25) is 0 Å². The lowest BCUT2D eigenvalue weighted by Gasteiger charge is -2.17.